The first kappa shape index (κ1) is 14.6. The number of hydrogen-bond donors (Lipinski definition) is 1. The van der Waals surface area contributed by atoms with Gasteiger partial charge in [0.1, 0.15) is 16.9 Å². The molecular formula is C18H17N3O3. The molecule has 0 atom stereocenters. The molecule has 6 nitrogen and oxygen atoms in total. The Bertz CT molecular complexity index is 1000. The van der Waals surface area contributed by atoms with Crippen LogP contribution in [0.4, 0.5) is 5.69 Å². The number of para-hydroxylation sites is 1. The summed E-state index contributed by atoms with van der Waals surface area (Å²) in [5.41, 5.74) is 2.48. The minimum atomic E-state index is 0.426. The van der Waals surface area contributed by atoms with Crippen molar-refractivity contribution in [2.24, 2.45) is 0 Å². The van der Waals surface area contributed by atoms with E-state index in [1.54, 1.807) is 7.11 Å². The molecule has 2 heterocycles. The second kappa shape index (κ2) is 5.88. The molecule has 0 spiro atoms. The van der Waals surface area contributed by atoms with Crippen LogP contribution in [-0.2, 0) is 13.0 Å². The van der Waals surface area contributed by atoms with Crippen LogP contribution in [0, 0.1) is 0 Å². The molecule has 4 rings (SSSR count). The predicted molar refractivity (Wildman–Crippen MR) is 91.3 cm³/mol. The molecule has 1 N–H and O–H groups in total. The number of aryl methyl sites for hydroxylation is 1. The van der Waals surface area contributed by atoms with Gasteiger partial charge in [0.2, 0.25) is 5.89 Å². The highest BCUT2D eigenvalue weighted by molar-refractivity contribution is 6.06. The molecule has 0 aliphatic heterocycles. The molecule has 2 aromatic carbocycles. The third-order valence-electron chi connectivity index (χ3n) is 3.96. The molecular weight excluding hydrogens is 306 g/mol. The van der Waals surface area contributed by atoms with Crippen LogP contribution in [0.3, 0.4) is 0 Å². The Morgan fingerprint density at radius 1 is 1.12 bits per heavy atom. The largest absolute Gasteiger partial charge is 0.495 e. The van der Waals surface area contributed by atoms with Gasteiger partial charge in [-0.05, 0) is 12.1 Å². The summed E-state index contributed by atoms with van der Waals surface area (Å²) in [6.45, 7) is 2.41. The van der Waals surface area contributed by atoms with Crippen LogP contribution >= 0.6 is 0 Å². The van der Waals surface area contributed by atoms with Gasteiger partial charge < -0.3 is 19.0 Å². The summed E-state index contributed by atoms with van der Waals surface area (Å²) in [6, 6.07) is 11.9. The van der Waals surface area contributed by atoms with Crippen LogP contribution in [0.2, 0.25) is 0 Å². The van der Waals surface area contributed by atoms with Crippen molar-refractivity contribution in [2.75, 3.05) is 12.4 Å². The number of anilines is 1. The molecule has 122 valence electrons. The predicted octanol–water partition coefficient (Wildman–Crippen LogP) is 4.15. The topological polar surface area (TPSA) is 73.3 Å². The number of methoxy groups -OCH3 is 1. The molecule has 2 aromatic heterocycles. The maximum absolute atomic E-state index is 5.92. The third-order valence-corrected chi connectivity index (χ3v) is 3.96. The summed E-state index contributed by atoms with van der Waals surface area (Å²) < 4.78 is 16.6. The number of fused-ring (bicyclic) bond motifs is 3. The number of benzene rings is 2. The number of aromatic nitrogens is 2. The second-order valence-electron chi connectivity index (χ2n) is 5.46. The van der Waals surface area contributed by atoms with Gasteiger partial charge in [-0.25, -0.2) is 0 Å². The normalized spacial score (nSPS) is 11.2. The number of furan rings is 1. The Balaban J connectivity index is 1.69. The van der Waals surface area contributed by atoms with Gasteiger partial charge in [0.15, 0.2) is 5.82 Å². The van der Waals surface area contributed by atoms with Crippen LogP contribution in [0.1, 0.15) is 18.6 Å². The van der Waals surface area contributed by atoms with E-state index < -0.39 is 0 Å². The average molecular weight is 323 g/mol. The lowest BCUT2D eigenvalue weighted by Gasteiger charge is -2.09. The molecule has 0 saturated carbocycles. The van der Waals surface area contributed by atoms with Gasteiger partial charge >= 0.3 is 0 Å². The Morgan fingerprint density at radius 3 is 2.79 bits per heavy atom. The lowest BCUT2D eigenvalue weighted by atomic mass is 10.1. The lowest BCUT2D eigenvalue weighted by molar-refractivity contribution is 0.377. The number of rotatable bonds is 5. The summed E-state index contributed by atoms with van der Waals surface area (Å²) in [4.78, 5) is 4.29. The fourth-order valence-corrected chi connectivity index (χ4v) is 2.73. The van der Waals surface area contributed by atoms with Crippen LogP contribution < -0.4 is 10.1 Å². The van der Waals surface area contributed by atoms with E-state index in [-0.39, 0.29) is 0 Å². The minimum absolute atomic E-state index is 0.426. The quantitative estimate of drug-likeness (QED) is 0.595. The van der Waals surface area contributed by atoms with Crippen molar-refractivity contribution in [1.82, 2.24) is 10.1 Å². The van der Waals surface area contributed by atoms with Gasteiger partial charge in [-0.3, -0.25) is 0 Å². The number of nitrogens with one attached hydrogen (secondary N) is 1. The van der Waals surface area contributed by atoms with Crippen molar-refractivity contribution >= 4 is 27.6 Å². The molecule has 0 aliphatic carbocycles. The van der Waals surface area contributed by atoms with E-state index in [9.17, 15) is 0 Å². The van der Waals surface area contributed by atoms with Crippen LogP contribution in [0.15, 0.2) is 45.3 Å². The van der Waals surface area contributed by atoms with Crippen molar-refractivity contribution in [2.45, 2.75) is 19.9 Å². The van der Waals surface area contributed by atoms with E-state index in [2.05, 4.69) is 15.5 Å². The Morgan fingerprint density at radius 2 is 2.00 bits per heavy atom. The van der Waals surface area contributed by atoms with E-state index in [1.807, 2.05) is 43.3 Å². The van der Waals surface area contributed by atoms with Gasteiger partial charge in [-0.15, -0.1) is 0 Å². The number of hydrogen-bond acceptors (Lipinski definition) is 6. The standard InChI is InChI=1S/C18H17N3O3/c1-3-17-20-18(24-21-17)10-19-13-9-15-12(8-16(13)22-2)11-6-4-5-7-14(11)23-15/h4-9,19H,3,10H2,1-2H3. The SMILES string of the molecule is CCc1noc(CNc2cc3oc4ccccc4c3cc2OC)n1. The van der Waals surface area contributed by atoms with Crippen molar-refractivity contribution in [3.05, 3.63) is 48.1 Å². The average Bonchev–Trinajstić information content (AvgIpc) is 3.22. The van der Waals surface area contributed by atoms with Gasteiger partial charge in [0, 0.05) is 23.3 Å². The summed E-state index contributed by atoms with van der Waals surface area (Å²) in [5.74, 6) is 1.98. The highest BCUT2D eigenvalue weighted by Crippen LogP contribution is 2.36. The fourth-order valence-electron chi connectivity index (χ4n) is 2.73. The summed E-state index contributed by atoms with van der Waals surface area (Å²) in [7, 11) is 1.65. The van der Waals surface area contributed by atoms with Gasteiger partial charge in [0.05, 0.1) is 19.3 Å². The monoisotopic (exact) mass is 323 g/mol. The molecule has 0 amide bonds. The third kappa shape index (κ3) is 2.46. The van der Waals surface area contributed by atoms with E-state index in [0.29, 0.717) is 18.3 Å². The van der Waals surface area contributed by atoms with Gasteiger partial charge in [-0.1, -0.05) is 30.3 Å². The fraction of sp³-hybridized carbons (Fsp3) is 0.222. The summed E-state index contributed by atoms with van der Waals surface area (Å²) in [5, 5.41) is 9.26. The van der Waals surface area contributed by atoms with Crippen molar-refractivity contribution in [3.63, 3.8) is 0 Å². The molecule has 0 aliphatic rings. The molecule has 6 heteroatoms. The van der Waals surface area contributed by atoms with Crippen LogP contribution in [0.25, 0.3) is 21.9 Å². The Labute approximate surface area is 138 Å². The van der Waals surface area contributed by atoms with Crippen molar-refractivity contribution in [3.8, 4) is 5.75 Å². The minimum Gasteiger partial charge on any atom is -0.495 e. The van der Waals surface area contributed by atoms with Crippen molar-refractivity contribution in [1.29, 1.82) is 0 Å². The smallest absolute Gasteiger partial charge is 0.245 e. The first-order valence-corrected chi connectivity index (χ1v) is 7.83. The molecule has 0 radical (unpaired) electrons. The zero-order chi connectivity index (χ0) is 16.5. The maximum atomic E-state index is 5.92. The first-order valence-electron chi connectivity index (χ1n) is 7.83. The lowest BCUT2D eigenvalue weighted by Crippen LogP contribution is -2.02. The molecule has 24 heavy (non-hydrogen) atoms. The van der Waals surface area contributed by atoms with Gasteiger partial charge in [0.25, 0.3) is 0 Å². The van der Waals surface area contributed by atoms with E-state index in [1.165, 1.54) is 0 Å². The van der Waals surface area contributed by atoms with Crippen LogP contribution in [0.5, 0.6) is 5.75 Å². The molecule has 0 saturated heterocycles. The van der Waals surface area contributed by atoms with Gasteiger partial charge in [-0.2, -0.15) is 4.98 Å². The molecule has 0 unspecified atom stereocenters. The number of nitrogens with zero attached hydrogens (tertiary/aromatic N) is 2. The van der Waals surface area contributed by atoms with Crippen molar-refractivity contribution < 1.29 is 13.7 Å². The van der Waals surface area contributed by atoms with Crippen LogP contribution in [-0.4, -0.2) is 17.3 Å². The molecule has 0 fully saturated rings. The summed E-state index contributed by atoms with van der Waals surface area (Å²) >= 11 is 0. The first-order chi connectivity index (χ1) is 11.8. The Hall–Kier alpha value is -3.02. The van der Waals surface area contributed by atoms with E-state index >= 15 is 0 Å². The highest BCUT2D eigenvalue weighted by atomic mass is 16.5. The molecule has 0 bridgehead atoms. The highest BCUT2D eigenvalue weighted by Gasteiger charge is 2.13. The van der Waals surface area contributed by atoms with E-state index in [0.717, 1.165) is 39.8 Å². The van der Waals surface area contributed by atoms with E-state index in [4.69, 9.17) is 13.7 Å². The summed E-state index contributed by atoms with van der Waals surface area (Å²) in [6.07, 6.45) is 0.748. The maximum Gasteiger partial charge on any atom is 0.245 e. The Kier molecular flexibility index (Phi) is 3.57. The zero-order valence-electron chi connectivity index (χ0n) is 13.5. The molecule has 4 aromatic rings. The number of ether oxygens (including phenoxy) is 1. The second-order valence-corrected chi connectivity index (χ2v) is 5.46. The zero-order valence-corrected chi connectivity index (χ0v) is 13.5.